The summed E-state index contributed by atoms with van der Waals surface area (Å²) in [6.07, 6.45) is -1.35. The number of carboxylic acid groups (broad SMARTS) is 1. The van der Waals surface area contributed by atoms with Crippen molar-refractivity contribution >= 4 is 41.1 Å². The monoisotopic (exact) mass is 400 g/mol. The van der Waals surface area contributed by atoms with E-state index < -0.39 is 23.6 Å². The van der Waals surface area contributed by atoms with Crippen molar-refractivity contribution in [2.45, 2.75) is 6.10 Å². The maximum Gasteiger partial charge on any atom is 0.361 e. The van der Waals surface area contributed by atoms with Gasteiger partial charge in [-0.2, -0.15) is 0 Å². The standard InChI is InChI=1S/C17H16N6O6/c1-28-23-14(17(26)27)15(25)16(10-5-3-7-13(19)21-10)29-22-11(8-24)9-4-2-6-12(18)20-9/h2-8,16H,1H3,(H2,18,20)(H2,19,21)(H,26,27). The van der Waals surface area contributed by atoms with Crippen LogP contribution in [0.3, 0.4) is 0 Å². The molecule has 2 aromatic heterocycles. The van der Waals surface area contributed by atoms with Gasteiger partial charge in [0.1, 0.15) is 18.7 Å². The molecule has 0 aromatic carbocycles. The first kappa shape index (κ1) is 21.0. The number of hydrogen-bond acceptors (Lipinski definition) is 11. The SMILES string of the molecule is CON=C(C(=O)O)C(=O)C(ON=C(C=O)c1cccc(N)n1)c1cccc(N)n1. The molecule has 0 spiro atoms. The largest absolute Gasteiger partial charge is 0.476 e. The van der Waals surface area contributed by atoms with E-state index in [1.807, 2.05) is 0 Å². The topological polar surface area (TPSA) is 192 Å². The first-order valence-electron chi connectivity index (χ1n) is 7.90. The Morgan fingerprint density at radius 1 is 1.10 bits per heavy atom. The highest BCUT2D eigenvalue weighted by molar-refractivity contribution is 6.64. The van der Waals surface area contributed by atoms with E-state index in [0.717, 1.165) is 7.11 Å². The van der Waals surface area contributed by atoms with Crippen LogP contribution in [0.4, 0.5) is 11.6 Å². The van der Waals surface area contributed by atoms with Gasteiger partial charge in [-0.3, -0.25) is 9.59 Å². The number of carboxylic acids is 1. The molecule has 0 saturated carbocycles. The van der Waals surface area contributed by atoms with Crippen molar-refractivity contribution in [1.82, 2.24) is 9.97 Å². The number of carbonyl (C=O) groups excluding carboxylic acids is 2. The minimum absolute atomic E-state index is 0.0431. The molecular formula is C17H16N6O6. The molecule has 1 atom stereocenters. The van der Waals surface area contributed by atoms with Crippen molar-refractivity contribution in [3.05, 3.63) is 47.8 Å². The number of nitrogens with zero attached hydrogens (tertiary/aromatic N) is 4. The summed E-state index contributed by atoms with van der Waals surface area (Å²) < 4.78 is 0. The first-order chi connectivity index (χ1) is 13.9. The number of aromatic nitrogens is 2. The quantitative estimate of drug-likeness (QED) is 0.222. The van der Waals surface area contributed by atoms with Gasteiger partial charge < -0.3 is 26.2 Å². The van der Waals surface area contributed by atoms with Crippen molar-refractivity contribution in [3.8, 4) is 0 Å². The van der Waals surface area contributed by atoms with E-state index in [2.05, 4.69) is 25.1 Å². The maximum absolute atomic E-state index is 12.7. The number of rotatable bonds is 9. The number of nitrogen functional groups attached to an aromatic ring is 2. The molecule has 0 aliphatic heterocycles. The molecule has 0 fully saturated rings. The third-order valence-electron chi connectivity index (χ3n) is 3.32. The lowest BCUT2D eigenvalue weighted by atomic mass is 10.1. The molecule has 0 radical (unpaired) electrons. The summed E-state index contributed by atoms with van der Waals surface area (Å²) in [6, 6.07) is 8.75. The number of pyridine rings is 2. The number of hydrogen-bond donors (Lipinski definition) is 3. The Bertz CT molecular complexity index is 990. The third-order valence-corrected chi connectivity index (χ3v) is 3.32. The minimum Gasteiger partial charge on any atom is -0.476 e. The summed E-state index contributed by atoms with van der Waals surface area (Å²) in [7, 11) is 1.07. The van der Waals surface area contributed by atoms with Gasteiger partial charge in [0, 0.05) is 0 Å². The highest BCUT2D eigenvalue weighted by Crippen LogP contribution is 2.20. The normalized spacial score (nSPS) is 12.7. The molecule has 0 bridgehead atoms. The summed E-state index contributed by atoms with van der Waals surface area (Å²) in [5.74, 6) is -2.62. The first-order valence-corrected chi connectivity index (χ1v) is 7.90. The fraction of sp³-hybridized carbons (Fsp3) is 0.118. The van der Waals surface area contributed by atoms with Gasteiger partial charge in [0.05, 0.1) is 11.4 Å². The van der Waals surface area contributed by atoms with Crippen molar-refractivity contribution in [2.24, 2.45) is 10.3 Å². The smallest absolute Gasteiger partial charge is 0.361 e. The molecule has 0 aliphatic carbocycles. The van der Waals surface area contributed by atoms with Gasteiger partial charge in [-0.25, -0.2) is 14.8 Å². The van der Waals surface area contributed by atoms with E-state index in [-0.39, 0.29) is 28.7 Å². The molecule has 29 heavy (non-hydrogen) atoms. The van der Waals surface area contributed by atoms with E-state index in [0.29, 0.717) is 6.29 Å². The van der Waals surface area contributed by atoms with E-state index in [1.54, 1.807) is 0 Å². The predicted molar refractivity (Wildman–Crippen MR) is 101 cm³/mol. The second kappa shape index (κ2) is 9.55. The zero-order valence-corrected chi connectivity index (χ0v) is 15.1. The average Bonchev–Trinajstić information content (AvgIpc) is 2.69. The van der Waals surface area contributed by atoms with Crippen LogP contribution in [-0.2, 0) is 24.1 Å². The Morgan fingerprint density at radius 3 is 2.31 bits per heavy atom. The number of ketones is 1. The number of carbonyl (C=O) groups is 3. The lowest BCUT2D eigenvalue weighted by molar-refractivity contribution is -0.132. The average molecular weight is 400 g/mol. The number of aliphatic carboxylic acids is 1. The van der Waals surface area contributed by atoms with Gasteiger partial charge >= 0.3 is 5.97 Å². The van der Waals surface area contributed by atoms with Crippen LogP contribution >= 0.6 is 0 Å². The molecule has 5 N–H and O–H groups in total. The van der Waals surface area contributed by atoms with Crippen LogP contribution < -0.4 is 11.5 Å². The molecule has 2 heterocycles. The molecule has 0 saturated heterocycles. The number of anilines is 2. The zero-order chi connectivity index (χ0) is 21.4. The van der Waals surface area contributed by atoms with E-state index in [9.17, 15) is 19.5 Å². The Hall–Kier alpha value is -4.35. The van der Waals surface area contributed by atoms with Gasteiger partial charge in [-0.15, -0.1) is 0 Å². The van der Waals surface area contributed by atoms with Crippen LogP contribution in [0.2, 0.25) is 0 Å². The minimum atomic E-state index is -1.68. The lowest BCUT2D eigenvalue weighted by Gasteiger charge is -2.14. The van der Waals surface area contributed by atoms with Crippen molar-refractivity contribution in [2.75, 3.05) is 18.6 Å². The van der Waals surface area contributed by atoms with Crippen LogP contribution in [0.15, 0.2) is 46.7 Å². The molecule has 12 nitrogen and oxygen atoms in total. The summed E-state index contributed by atoms with van der Waals surface area (Å²) in [6.45, 7) is 0. The van der Waals surface area contributed by atoms with Gasteiger partial charge in [-0.1, -0.05) is 22.4 Å². The Labute approximate surface area is 163 Å². The highest BCUT2D eigenvalue weighted by atomic mass is 16.6. The molecule has 2 rings (SSSR count). The zero-order valence-electron chi connectivity index (χ0n) is 15.1. The summed E-state index contributed by atoms with van der Waals surface area (Å²) in [5, 5.41) is 16.0. The summed E-state index contributed by atoms with van der Waals surface area (Å²) >= 11 is 0. The van der Waals surface area contributed by atoms with E-state index in [1.165, 1.54) is 36.4 Å². The Balaban J connectivity index is 2.47. The van der Waals surface area contributed by atoms with Crippen molar-refractivity contribution in [3.63, 3.8) is 0 Å². The van der Waals surface area contributed by atoms with Gasteiger partial charge in [0.2, 0.25) is 17.6 Å². The molecular weight excluding hydrogens is 384 g/mol. The predicted octanol–water partition coefficient (Wildman–Crippen LogP) is -0.0420. The number of oxime groups is 2. The van der Waals surface area contributed by atoms with Gasteiger partial charge in [0.15, 0.2) is 12.0 Å². The van der Waals surface area contributed by atoms with Crippen molar-refractivity contribution in [1.29, 1.82) is 0 Å². The van der Waals surface area contributed by atoms with Crippen LogP contribution in [-0.4, -0.2) is 51.6 Å². The van der Waals surface area contributed by atoms with Gasteiger partial charge in [0.25, 0.3) is 0 Å². The molecule has 2 aromatic rings. The summed E-state index contributed by atoms with van der Waals surface area (Å²) in [5.41, 5.74) is 9.95. The Morgan fingerprint density at radius 2 is 1.76 bits per heavy atom. The van der Waals surface area contributed by atoms with E-state index >= 15 is 0 Å². The second-order valence-electron chi connectivity index (χ2n) is 5.31. The fourth-order valence-corrected chi connectivity index (χ4v) is 2.09. The molecule has 0 amide bonds. The van der Waals surface area contributed by atoms with Gasteiger partial charge in [-0.05, 0) is 24.3 Å². The number of nitrogens with two attached hydrogens (primary N) is 2. The van der Waals surface area contributed by atoms with E-state index in [4.69, 9.17) is 16.3 Å². The molecule has 1 unspecified atom stereocenters. The number of aldehydes is 1. The highest BCUT2D eigenvalue weighted by Gasteiger charge is 2.33. The lowest BCUT2D eigenvalue weighted by Crippen LogP contribution is -2.31. The molecule has 12 heteroatoms. The van der Waals surface area contributed by atoms with Crippen LogP contribution in [0, 0.1) is 0 Å². The molecule has 0 aliphatic rings. The molecule has 150 valence electrons. The van der Waals surface area contributed by atoms with Crippen LogP contribution in [0.5, 0.6) is 0 Å². The Kier molecular flexibility index (Phi) is 6.90. The third kappa shape index (κ3) is 5.32. The summed E-state index contributed by atoms with van der Waals surface area (Å²) in [4.78, 5) is 52.8. The fourth-order valence-electron chi connectivity index (χ4n) is 2.09. The van der Waals surface area contributed by atoms with Crippen molar-refractivity contribution < 1.29 is 29.2 Å². The number of Topliss-reactive ketones (excluding diaryl/α,β-unsaturated/α-hetero) is 1. The van der Waals surface area contributed by atoms with Crippen LogP contribution in [0.1, 0.15) is 17.5 Å². The maximum atomic E-state index is 12.7. The van der Waals surface area contributed by atoms with Crippen LogP contribution in [0.25, 0.3) is 0 Å². The second-order valence-corrected chi connectivity index (χ2v) is 5.31.